The van der Waals surface area contributed by atoms with Gasteiger partial charge in [-0.15, -0.1) is 5.10 Å². The smallest absolute Gasteiger partial charge is 0.318 e. The van der Waals surface area contributed by atoms with Gasteiger partial charge in [0.1, 0.15) is 0 Å². The van der Waals surface area contributed by atoms with Crippen molar-refractivity contribution in [1.82, 2.24) is 25.1 Å². The van der Waals surface area contributed by atoms with Gasteiger partial charge >= 0.3 is 6.01 Å². The van der Waals surface area contributed by atoms with Crippen molar-refractivity contribution in [3.63, 3.8) is 0 Å². The fourth-order valence-electron chi connectivity index (χ4n) is 3.88. The largest absolute Gasteiger partial charge is 0.474 e. The van der Waals surface area contributed by atoms with Crippen molar-refractivity contribution in [2.45, 2.75) is 38.8 Å². The number of aromatic amines is 1. The first-order chi connectivity index (χ1) is 15.1. The van der Waals surface area contributed by atoms with Crippen LogP contribution in [-0.4, -0.2) is 50.4 Å². The van der Waals surface area contributed by atoms with Crippen molar-refractivity contribution in [2.24, 2.45) is 5.73 Å². The molecule has 1 aliphatic rings. The highest BCUT2D eigenvalue weighted by atomic mass is 16.5. The summed E-state index contributed by atoms with van der Waals surface area (Å²) < 4.78 is 11.7. The predicted molar refractivity (Wildman–Crippen MR) is 118 cm³/mol. The van der Waals surface area contributed by atoms with E-state index in [1.165, 1.54) is 0 Å². The number of ether oxygens (including phenoxy) is 1. The number of hydrogen-bond acceptors (Lipinski definition) is 8. The third-order valence-electron chi connectivity index (χ3n) is 5.32. The second-order valence-corrected chi connectivity index (χ2v) is 8.11. The summed E-state index contributed by atoms with van der Waals surface area (Å²) in [4.78, 5) is 14.2. The molecule has 1 saturated heterocycles. The maximum absolute atomic E-state index is 6.09. The summed E-state index contributed by atoms with van der Waals surface area (Å²) in [5.74, 6) is 0.976. The number of H-pyrrole nitrogens is 1. The molecule has 31 heavy (non-hydrogen) atoms. The van der Waals surface area contributed by atoms with Crippen molar-refractivity contribution in [2.75, 3.05) is 18.0 Å². The predicted octanol–water partition coefficient (Wildman–Crippen LogP) is 3.39. The van der Waals surface area contributed by atoms with Gasteiger partial charge in [-0.25, -0.2) is 4.98 Å². The van der Waals surface area contributed by atoms with Gasteiger partial charge in [0.2, 0.25) is 5.88 Å². The summed E-state index contributed by atoms with van der Waals surface area (Å²) in [7, 11) is 0. The maximum atomic E-state index is 6.09. The molecular formula is C22H25N7O2. The minimum atomic E-state index is 0.0319. The number of fused-ring (bicyclic) bond motifs is 1. The van der Waals surface area contributed by atoms with Gasteiger partial charge in [0.25, 0.3) is 5.89 Å². The van der Waals surface area contributed by atoms with Gasteiger partial charge in [-0.3, -0.25) is 4.98 Å². The van der Waals surface area contributed by atoms with E-state index < -0.39 is 0 Å². The van der Waals surface area contributed by atoms with Crippen LogP contribution in [0.15, 0.2) is 41.2 Å². The molecule has 4 heterocycles. The zero-order chi connectivity index (χ0) is 21.4. The first-order valence-corrected chi connectivity index (χ1v) is 10.5. The Morgan fingerprint density at radius 2 is 2.16 bits per heavy atom. The van der Waals surface area contributed by atoms with Gasteiger partial charge in [0.15, 0.2) is 0 Å². The second-order valence-electron chi connectivity index (χ2n) is 8.11. The number of hydrogen-bond donors (Lipinski definition) is 2. The van der Waals surface area contributed by atoms with Crippen LogP contribution >= 0.6 is 0 Å². The minimum absolute atomic E-state index is 0.0319. The Morgan fingerprint density at radius 1 is 1.26 bits per heavy atom. The van der Waals surface area contributed by atoms with Gasteiger partial charge in [0.05, 0.1) is 29.8 Å². The van der Waals surface area contributed by atoms with E-state index in [1.54, 1.807) is 12.4 Å². The fourth-order valence-corrected chi connectivity index (χ4v) is 3.88. The van der Waals surface area contributed by atoms with Gasteiger partial charge in [-0.05, 0) is 38.8 Å². The summed E-state index contributed by atoms with van der Waals surface area (Å²) in [5, 5.41) is 9.52. The van der Waals surface area contributed by atoms with Gasteiger partial charge in [-0.1, -0.05) is 11.2 Å². The lowest BCUT2D eigenvalue weighted by Crippen LogP contribution is -2.43. The van der Waals surface area contributed by atoms with E-state index in [0.717, 1.165) is 53.7 Å². The molecule has 1 fully saturated rings. The summed E-state index contributed by atoms with van der Waals surface area (Å²) in [6, 6.07) is 6.70. The Labute approximate surface area is 179 Å². The van der Waals surface area contributed by atoms with Crippen molar-refractivity contribution in [1.29, 1.82) is 0 Å². The van der Waals surface area contributed by atoms with Gasteiger partial charge < -0.3 is 24.8 Å². The quantitative estimate of drug-likeness (QED) is 0.505. The first kappa shape index (κ1) is 19.5. The number of rotatable bonds is 5. The van der Waals surface area contributed by atoms with Crippen molar-refractivity contribution in [3.05, 3.63) is 36.8 Å². The van der Waals surface area contributed by atoms with Crippen molar-refractivity contribution < 1.29 is 9.15 Å². The number of anilines is 1. The number of nitrogens with zero attached hydrogens (tertiary/aromatic N) is 5. The van der Waals surface area contributed by atoms with Crippen molar-refractivity contribution >= 4 is 16.9 Å². The number of nitrogens with one attached hydrogen (secondary N) is 1. The lowest BCUT2D eigenvalue weighted by atomic mass is 10.1. The third-order valence-corrected chi connectivity index (χ3v) is 5.32. The number of aromatic nitrogens is 5. The third kappa shape index (κ3) is 3.96. The van der Waals surface area contributed by atoms with Gasteiger partial charge in [-0.2, -0.15) is 0 Å². The molecule has 0 radical (unpaired) electrons. The average molecular weight is 419 g/mol. The lowest BCUT2D eigenvalue weighted by Gasteiger charge is -2.28. The lowest BCUT2D eigenvalue weighted by molar-refractivity contribution is 0.232. The second kappa shape index (κ2) is 7.99. The van der Waals surface area contributed by atoms with E-state index in [4.69, 9.17) is 14.9 Å². The summed E-state index contributed by atoms with van der Waals surface area (Å²) in [6.45, 7) is 5.53. The maximum Gasteiger partial charge on any atom is 0.318 e. The summed E-state index contributed by atoms with van der Waals surface area (Å²) >= 11 is 0. The number of piperidine rings is 1. The topological polar surface area (TPSA) is 119 Å². The number of nitrogens with two attached hydrogens (primary N) is 1. The Balaban J connectivity index is 1.48. The highest BCUT2D eigenvalue weighted by molar-refractivity contribution is 5.96. The summed E-state index contributed by atoms with van der Waals surface area (Å²) in [6.07, 6.45) is 7.31. The molecule has 0 unspecified atom stereocenters. The minimum Gasteiger partial charge on any atom is -0.474 e. The Hall–Kier alpha value is -3.46. The van der Waals surface area contributed by atoms with Crippen LogP contribution in [-0.2, 0) is 0 Å². The Kier molecular flexibility index (Phi) is 5.03. The van der Waals surface area contributed by atoms with Crippen molar-refractivity contribution in [3.8, 4) is 28.6 Å². The van der Waals surface area contributed by atoms with Crippen LogP contribution < -0.4 is 15.4 Å². The van der Waals surface area contributed by atoms with E-state index in [1.807, 2.05) is 38.2 Å². The molecule has 9 heteroatoms. The molecule has 3 N–H and O–H groups in total. The van der Waals surface area contributed by atoms with Gasteiger partial charge in [0, 0.05) is 41.8 Å². The van der Waals surface area contributed by atoms with E-state index >= 15 is 0 Å². The zero-order valence-corrected chi connectivity index (χ0v) is 17.6. The molecule has 9 nitrogen and oxygen atoms in total. The first-order valence-electron chi connectivity index (χ1n) is 10.5. The van der Waals surface area contributed by atoms with E-state index in [9.17, 15) is 0 Å². The molecule has 160 valence electrons. The van der Waals surface area contributed by atoms with Crippen LogP contribution in [0, 0.1) is 0 Å². The molecule has 1 aromatic carbocycles. The molecule has 0 spiro atoms. The van der Waals surface area contributed by atoms with E-state index in [0.29, 0.717) is 17.8 Å². The standard InChI is InChI=1S/C22H25N7O2/c1-13(2)30-20-11-24-10-19(26-20)14-5-6-18-16(8-14)17(9-25-18)21-27-28-22(31-21)29-7-3-4-15(23)12-29/h5-6,8-11,13,15,25H,3-4,7,12,23H2,1-2H3/t15-/m0/s1. The molecule has 4 aromatic rings. The SMILES string of the molecule is CC(C)Oc1cncc(-c2ccc3[nH]cc(-c4nnc(N5CCC[C@H](N)C5)o4)c3c2)n1. The molecule has 3 aromatic heterocycles. The van der Waals surface area contributed by atoms with Crippen LogP contribution in [0.2, 0.25) is 0 Å². The Morgan fingerprint density at radius 3 is 3.00 bits per heavy atom. The summed E-state index contributed by atoms with van der Waals surface area (Å²) in [5.41, 5.74) is 9.58. The highest BCUT2D eigenvalue weighted by Crippen LogP contribution is 2.32. The Bertz CT molecular complexity index is 1200. The van der Waals surface area contributed by atoms with Crippen LogP contribution in [0.3, 0.4) is 0 Å². The number of benzene rings is 1. The van der Waals surface area contributed by atoms with Crippen LogP contribution in [0.25, 0.3) is 33.6 Å². The van der Waals surface area contributed by atoms with E-state index in [-0.39, 0.29) is 12.1 Å². The molecule has 0 bridgehead atoms. The zero-order valence-electron chi connectivity index (χ0n) is 17.6. The highest BCUT2D eigenvalue weighted by Gasteiger charge is 2.22. The molecule has 1 atom stereocenters. The molecule has 1 aliphatic heterocycles. The average Bonchev–Trinajstić information content (AvgIpc) is 3.40. The van der Waals surface area contributed by atoms with Crippen LogP contribution in [0.1, 0.15) is 26.7 Å². The molecule has 0 saturated carbocycles. The van der Waals surface area contributed by atoms with E-state index in [2.05, 4.69) is 30.0 Å². The molecule has 5 rings (SSSR count). The molecule has 0 amide bonds. The fraction of sp³-hybridized carbons (Fsp3) is 0.364. The molecular weight excluding hydrogens is 394 g/mol. The normalized spacial score (nSPS) is 16.9. The monoisotopic (exact) mass is 419 g/mol. The van der Waals surface area contributed by atoms with Crippen LogP contribution in [0.4, 0.5) is 6.01 Å². The molecule has 0 aliphatic carbocycles. The van der Waals surface area contributed by atoms with Crippen LogP contribution in [0.5, 0.6) is 5.88 Å².